The van der Waals surface area contributed by atoms with E-state index < -0.39 is 47.6 Å². The molecule has 4 unspecified atom stereocenters. The Morgan fingerprint density at radius 1 is 1.36 bits per heavy atom. The lowest BCUT2D eigenvalue weighted by atomic mass is 9.70. The maximum atomic E-state index is 14.7. The van der Waals surface area contributed by atoms with Gasteiger partial charge in [0.15, 0.2) is 0 Å². The maximum Gasteiger partial charge on any atom is 0.391 e. The standard InChI is InChI=1S/C18H26F4N4O2/c1-5-17(2,11-7-6-10(8-12(11)19)18(20,21)22)25-15(28)13-9-14(27)24-16(23-13)26(3)4/h9-12H,5-8H2,1-4H3,(H,25,28)(H,23,24,27). The van der Waals surface area contributed by atoms with Crippen molar-refractivity contribution < 1.29 is 22.4 Å². The summed E-state index contributed by atoms with van der Waals surface area (Å²) in [5.41, 5.74) is -1.71. The van der Waals surface area contributed by atoms with Gasteiger partial charge >= 0.3 is 6.18 Å². The van der Waals surface area contributed by atoms with Crippen LogP contribution in [-0.2, 0) is 0 Å². The number of carbonyl (C=O) groups is 1. The van der Waals surface area contributed by atoms with Gasteiger partial charge in [0, 0.05) is 31.6 Å². The molecule has 0 bridgehead atoms. The first-order valence-corrected chi connectivity index (χ1v) is 9.19. The van der Waals surface area contributed by atoms with Crippen molar-refractivity contribution in [3.05, 3.63) is 22.1 Å². The number of carbonyl (C=O) groups excluding carboxylic acids is 1. The molecule has 0 spiro atoms. The van der Waals surface area contributed by atoms with Gasteiger partial charge in [-0.25, -0.2) is 9.37 Å². The van der Waals surface area contributed by atoms with E-state index in [1.807, 2.05) is 0 Å². The molecule has 2 N–H and O–H groups in total. The van der Waals surface area contributed by atoms with Crippen molar-refractivity contribution in [2.75, 3.05) is 19.0 Å². The first-order valence-electron chi connectivity index (χ1n) is 9.19. The zero-order valence-electron chi connectivity index (χ0n) is 16.4. The molecule has 1 aromatic heterocycles. The van der Waals surface area contributed by atoms with Gasteiger partial charge in [-0.05, 0) is 32.6 Å². The summed E-state index contributed by atoms with van der Waals surface area (Å²) in [6.07, 6.45) is -6.54. The van der Waals surface area contributed by atoms with Crippen LogP contribution in [0.2, 0.25) is 0 Å². The van der Waals surface area contributed by atoms with Gasteiger partial charge in [0.05, 0.1) is 5.92 Å². The third-order valence-corrected chi connectivity index (χ3v) is 5.57. The van der Waals surface area contributed by atoms with E-state index in [-0.39, 0.29) is 24.5 Å². The predicted molar refractivity (Wildman–Crippen MR) is 97.1 cm³/mol. The van der Waals surface area contributed by atoms with Gasteiger partial charge in [-0.2, -0.15) is 13.2 Å². The Kier molecular flexibility index (Phi) is 6.40. The van der Waals surface area contributed by atoms with E-state index in [4.69, 9.17) is 0 Å². The van der Waals surface area contributed by atoms with Gasteiger partial charge in [0.1, 0.15) is 11.9 Å². The fraction of sp³-hybridized carbons (Fsp3) is 0.722. The molecule has 10 heteroatoms. The van der Waals surface area contributed by atoms with Crippen LogP contribution in [0.1, 0.15) is 50.0 Å². The van der Waals surface area contributed by atoms with E-state index in [1.165, 1.54) is 4.90 Å². The Hall–Kier alpha value is -2.13. The normalized spacial score (nSPS) is 25.1. The SMILES string of the molecule is CCC(C)(NC(=O)c1cc(=O)[nH]c(N(C)C)n1)C1CCC(C(F)(F)F)CC1F. The molecule has 6 nitrogen and oxygen atoms in total. The maximum absolute atomic E-state index is 14.7. The monoisotopic (exact) mass is 406 g/mol. The number of nitrogens with zero attached hydrogens (tertiary/aromatic N) is 2. The van der Waals surface area contributed by atoms with E-state index in [1.54, 1.807) is 27.9 Å². The molecule has 1 aromatic rings. The number of aromatic nitrogens is 2. The molecule has 1 aliphatic rings. The molecule has 0 aromatic carbocycles. The summed E-state index contributed by atoms with van der Waals surface area (Å²) < 4.78 is 53.4. The second-order valence-electron chi connectivity index (χ2n) is 7.75. The van der Waals surface area contributed by atoms with Gasteiger partial charge in [0.25, 0.3) is 11.5 Å². The molecule has 28 heavy (non-hydrogen) atoms. The Bertz CT molecular complexity index is 765. The van der Waals surface area contributed by atoms with Gasteiger partial charge < -0.3 is 10.2 Å². The highest BCUT2D eigenvalue weighted by Gasteiger charge is 2.49. The van der Waals surface area contributed by atoms with E-state index in [0.29, 0.717) is 6.42 Å². The molecule has 0 radical (unpaired) electrons. The van der Waals surface area contributed by atoms with E-state index >= 15 is 0 Å². The number of aromatic amines is 1. The average Bonchev–Trinajstić information content (AvgIpc) is 2.59. The molecule has 0 aliphatic heterocycles. The molecule has 1 amide bonds. The number of hydrogen-bond acceptors (Lipinski definition) is 4. The minimum Gasteiger partial charge on any atom is -0.348 e. The molecule has 158 valence electrons. The summed E-state index contributed by atoms with van der Waals surface area (Å²) in [6, 6.07) is 1.03. The van der Waals surface area contributed by atoms with Crippen molar-refractivity contribution in [1.82, 2.24) is 15.3 Å². The van der Waals surface area contributed by atoms with Crippen molar-refractivity contribution in [1.29, 1.82) is 0 Å². The predicted octanol–water partition coefficient (Wildman–Crippen LogP) is 3.05. The van der Waals surface area contributed by atoms with Gasteiger partial charge in [-0.15, -0.1) is 0 Å². The highest BCUT2D eigenvalue weighted by atomic mass is 19.4. The molecule has 1 saturated carbocycles. The Morgan fingerprint density at radius 3 is 2.50 bits per heavy atom. The summed E-state index contributed by atoms with van der Waals surface area (Å²) in [4.78, 5) is 32.5. The molecule has 4 atom stereocenters. The highest BCUT2D eigenvalue weighted by Crippen LogP contribution is 2.44. The van der Waals surface area contributed by atoms with Crippen LogP contribution in [0.5, 0.6) is 0 Å². The Morgan fingerprint density at radius 2 is 2.00 bits per heavy atom. The lowest BCUT2D eigenvalue weighted by molar-refractivity contribution is -0.192. The summed E-state index contributed by atoms with van der Waals surface area (Å²) >= 11 is 0. The number of halogens is 4. The Labute approximate surface area is 160 Å². The summed E-state index contributed by atoms with van der Waals surface area (Å²) in [7, 11) is 3.28. The summed E-state index contributed by atoms with van der Waals surface area (Å²) in [5.74, 6) is -2.89. The van der Waals surface area contributed by atoms with Gasteiger partial charge in [-0.3, -0.25) is 14.6 Å². The number of nitrogens with one attached hydrogen (secondary N) is 2. The lowest BCUT2D eigenvalue weighted by Gasteiger charge is -2.43. The van der Waals surface area contributed by atoms with Crippen molar-refractivity contribution >= 4 is 11.9 Å². The smallest absolute Gasteiger partial charge is 0.348 e. The number of rotatable bonds is 5. The van der Waals surface area contributed by atoms with E-state index in [0.717, 1.165) is 6.07 Å². The van der Waals surface area contributed by atoms with Crippen LogP contribution in [0.15, 0.2) is 10.9 Å². The fourth-order valence-corrected chi connectivity index (χ4v) is 3.67. The van der Waals surface area contributed by atoms with Crippen LogP contribution in [-0.4, -0.2) is 47.9 Å². The average molecular weight is 406 g/mol. The minimum absolute atomic E-state index is 0.0156. The van der Waals surface area contributed by atoms with Crippen molar-refractivity contribution in [3.8, 4) is 0 Å². The quantitative estimate of drug-likeness (QED) is 0.737. The fourth-order valence-electron chi connectivity index (χ4n) is 3.67. The molecular weight excluding hydrogens is 380 g/mol. The second-order valence-corrected chi connectivity index (χ2v) is 7.75. The van der Waals surface area contributed by atoms with Gasteiger partial charge in [0.2, 0.25) is 5.95 Å². The molecule has 2 rings (SSSR count). The number of anilines is 1. The third kappa shape index (κ3) is 4.82. The van der Waals surface area contributed by atoms with Crippen LogP contribution >= 0.6 is 0 Å². The zero-order chi connectivity index (χ0) is 21.3. The molecule has 0 saturated heterocycles. The van der Waals surface area contributed by atoms with Crippen LogP contribution in [0, 0.1) is 11.8 Å². The third-order valence-electron chi connectivity index (χ3n) is 5.57. The number of H-pyrrole nitrogens is 1. The van der Waals surface area contributed by atoms with Crippen LogP contribution in [0.3, 0.4) is 0 Å². The molecular formula is C18H26F4N4O2. The zero-order valence-corrected chi connectivity index (χ0v) is 16.4. The number of amides is 1. The first-order chi connectivity index (χ1) is 12.9. The highest BCUT2D eigenvalue weighted by molar-refractivity contribution is 5.93. The van der Waals surface area contributed by atoms with Crippen LogP contribution < -0.4 is 15.8 Å². The molecule has 1 fully saturated rings. The van der Waals surface area contributed by atoms with Crippen molar-refractivity contribution in [2.45, 2.75) is 57.4 Å². The van der Waals surface area contributed by atoms with Crippen molar-refractivity contribution in [2.24, 2.45) is 11.8 Å². The number of alkyl halides is 4. The Balaban J connectivity index is 2.21. The number of hydrogen-bond donors (Lipinski definition) is 2. The second kappa shape index (κ2) is 8.08. The molecule has 1 aliphatic carbocycles. The van der Waals surface area contributed by atoms with Crippen LogP contribution in [0.4, 0.5) is 23.5 Å². The van der Waals surface area contributed by atoms with E-state index in [9.17, 15) is 27.2 Å². The first kappa shape index (κ1) is 22.2. The largest absolute Gasteiger partial charge is 0.391 e. The summed E-state index contributed by atoms with van der Waals surface area (Å²) in [5, 5.41) is 2.71. The minimum atomic E-state index is -4.42. The summed E-state index contributed by atoms with van der Waals surface area (Å²) in [6.45, 7) is 3.36. The van der Waals surface area contributed by atoms with E-state index in [2.05, 4.69) is 15.3 Å². The van der Waals surface area contributed by atoms with Crippen LogP contribution in [0.25, 0.3) is 0 Å². The van der Waals surface area contributed by atoms with Crippen molar-refractivity contribution in [3.63, 3.8) is 0 Å². The lowest BCUT2D eigenvalue weighted by Crippen LogP contribution is -2.56. The topological polar surface area (TPSA) is 78.1 Å². The molecule has 1 heterocycles. The van der Waals surface area contributed by atoms with Gasteiger partial charge in [-0.1, -0.05) is 6.92 Å².